The monoisotopic (exact) mass is 338 g/mol. The van der Waals surface area contributed by atoms with Gasteiger partial charge in [-0.1, -0.05) is 41.7 Å². The number of nitrogens with zero attached hydrogens (tertiary/aromatic N) is 1. The number of anilines is 2. The van der Waals surface area contributed by atoms with E-state index in [9.17, 15) is 17.6 Å². The third-order valence-corrected chi connectivity index (χ3v) is 4.05. The van der Waals surface area contributed by atoms with Crippen LogP contribution in [0.25, 0.3) is 10.4 Å². The number of hydrogen-bond acceptors (Lipinski definition) is 3. The van der Waals surface area contributed by atoms with Crippen molar-refractivity contribution in [3.63, 3.8) is 0 Å². The maximum Gasteiger partial charge on any atom is 0.434 e. The molecular formula is C16H10F4N2S. The van der Waals surface area contributed by atoms with E-state index in [0.29, 0.717) is 5.69 Å². The first-order valence-corrected chi connectivity index (χ1v) is 7.41. The number of para-hydroxylation sites is 1. The van der Waals surface area contributed by atoms with Gasteiger partial charge >= 0.3 is 6.18 Å². The van der Waals surface area contributed by atoms with E-state index in [1.165, 1.54) is 12.1 Å². The van der Waals surface area contributed by atoms with Crippen LogP contribution in [-0.4, -0.2) is 4.98 Å². The van der Waals surface area contributed by atoms with Crippen molar-refractivity contribution >= 4 is 22.2 Å². The lowest BCUT2D eigenvalue weighted by atomic mass is 10.1. The van der Waals surface area contributed by atoms with Gasteiger partial charge in [-0.25, -0.2) is 9.37 Å². The second-order valence-electron chi connectivity index (χ2n) is 4.69. The van der Waals surface area contributed by atoms with Gasteiger partial charge in [0.1, 0.15) is 5.82 Å². The molecule has 1 heterocycles. The number of hydrogen-bond donors (Lipinski definition) is 1. The molecule has 2 nitrogen and oxygen atoms in total. The molecule has 0 aliphatic rings. The number of aromatic nitrogens is 1. The van der Waals surface area contributed by atoms with Gasteiger partial charge in [0.05, 0.1) is 4.88 Å². The van der Waals surface area contributed by atoms with E-state index in [1.54, 1.807) is 30.3 Å². The molecule has 0 unspecified atom stereocenters. The van der Waals surface area contributed by atoms with Crippen molar-refractivity contribution < 1.29 is 17.6 Å². The normalized spacial score (nSPS) is 11.5. The van der Waals surface area contributed by atoms with Crippen LogP contribution < -0.4 is 5.32 Å². The van der Waals surface area contributed by atoms with Crippen LogP contribution in [0.15, 0.2) is 54.6 Å². The van der Waals surface area contributed by atoms with Crippen molar-refractivity contribution in [2.75, 3.05) is 5.32 Å². The lowest BCUT2D eigenvalue weighted by Crippen LogP contribution is -2.07. The molecule has 2 aromatic carbocycles. The summed E-state index contributed by atoms with van der Waals surface area (Å²) in [6, 6.07) is 13.7. The first-order chi connectivity index (χ1) is 10.9. The minimum atomic E-state index is -4.59. The summed E-state index contributed by atoms with van der Waals surface area (Å²) >= 11 is 0.875. The van der Waals surface area contributed by atoms with Gasteiger partial charge in [0.25, 0.3) is 0 Å². The highest BCUT2D eigenvalue weighted by atomic mass is 32.1. The Labute approximate surface area is 133 Å². The highest BCUT2D eigenvalue weighted by Gasteiger charge is 2.38. The molecule has 0 bridgehead atoms. The fourth-order valence-corrected chi connectivity index (χ4v) is 3.02. The van der Waals surface area contributed by atoms with E-state index in [4.69, 9.17) is 0 Å². The van der Waals surface area contributed by atoms with Crippen molar-refractivity contribution in [3.05, 3.63) is 66.1 Å². The maximum absolute atomic E-state index is 13.2. The quantitative estimate of drug-likeness (QED) is 0.619. The zero-order valence-corrected chi connectivity index (χ0v) is 12.4. The van der Waals surface area contributed by atoms with E-state index in [2.05, 4.69) is 10.3 Å². The molecule has 0 aliphatic carbocycles. The smallest absolute Gasteiger partial charge is 0.332 e. The Morgan fingerprint density at radius 1 is 0.913 bits per heavy atom. The van der Waals surface area contributed by atoms with Gasteiger partial charge in [0.15, 0.2) is 10.8 Å². The number of halogens is 4. The fourth-order valence-electron chi connectivity index (χ4n) is 2.01. The minimum Gasteiger partial charge on any atom is -0.332 e. The number of rotatable bonds is 3. The summed E-state index contributed by atoms with van der Waals surface area (Å²) in [5.74, 6) is -0.505. The molecule has 7 heteroatoms. The van der Waals surface area contributed by atoms with Crippen molar-refractivity contribution in [3.8, 4) is 10.4 Å². The Kier molecular flexibility index (Phi) is 4.04. The third-order valence-electron chi connectivity index (χ3n) is 3.03. The van der Waals surface area contributed by atoms with Crippen molar-refractivity contribution in [2.45, 2.75) is 6.18 Å². The molecular weight excluding hydrogens is 328 g/mol. The van der Waals surface area contributed by atoms with Crippen LogP contribution in [0, 0.1) is 5.82 Å². The van der Waals surface area contributed by atoms with E-state index in [1.807, 2.05) is 0 Å². The van der Waals surface area contributed by atoms with Crippen LogP contribution in [0.4, 0.5) is 28.4 Å². The van der Waals surface area contributed by atoms with Gasteiger partial charge in [0.2, 0.25) is 0 Å². The van der Waals surface area contributed by atoms with Gasteiger partial charge in [-0.05, 0) is 29.8 Å². The van der Waals surface area contributed by atoms with Crippen LogP contribution in [-0.2, 0) is 6.18 Å². The average Bonchev–Trinajstić information content (AvgIpc) is 2.93. The molecule has 0 saturated heterocycles. The average molecular weight is 338 g/mol. The number of thiazole rings is 1. The highest BCUT2D eigenvalue weighted by molar-refractivity contribution is 7.19. The van der Waals surface area contributed by atoms with E-state index < -0.39 is 17.7 Å². The molecule has 3 rings (SSSR count). The van der Waals surface area contributed by atoms with Crippen LogP contribution in [0.1, 0.15) is 5.69 Å². The minimum absolute atomic E-state index is 0.0454. The molecule has 0 atom stereocenters. The first-order valence-electron chi connectivity index (χ1n) is 6.59. The lowest BCUT2D eigenvalue weighted by molar-refractivity contribution is -0.140. The van der Waals surface area contributed by atoms with Crippen LogP contribution in [0.3, 0.4) is 0 Å². The van der Waals surface area contributed by atoms with E-state index in [0.717, 1.165) is 23.5 Å². The molecule has 0 radical (unpaired) electrons. The Morgan fingerprint density at radius 3 is 2.17 bits per heavy atom. The molecule has 1 aromatic heterocycles. The standard InChI is InChI=1S/C16H10F4N2S/c17-11-8-6-10(7-9-11)13-14(16(18,19)20)22-15(23-13)21-12-4-2-1-3-5-12/h1-9H,(H,21,22). The number of alkyl halides is 3. The SMILES string of the molecule is Fc1ccc(-c2sc(Nc3ccccc3)nc2C(F)(F)F)cc1. The Bertz CT molecular complexity index is 795. The molecule has 0 aliphatic heterocycles. The second kappa shape index (κ2) is 6.00. The summed E-state index contributed by atoms with van der Waals surface area (Å²) in [7, 11) is 0. The van der Waals surface area contributed by atoms with Crippen LogP contribution in [0.2, 0.25) is 0 Å². The summed E-state index contributed by atoms with van der Waals surface area (Å²) in [6.45, 7) is 0. The Morgan fingerprint density at radius 2 is 1.57 bits per heavy atom. The van der Waals surface area contributed by atoms with Crippen LogP contribution >= 0.6 is 11.3 Å². The van der Waals surface area contributed by atoms with Gasteiger partial charge in [-0.15, -0.1) is 0 Å². The van der Waals surface area contributed by atoms with Crippen molar-refractivity contribution in [1.82, 2.24) is 4.98 Å². The molecule has 1 N–H and O–H groups in total. The molecule has 118 valence electrons. The lowest BCUT2D eigenvalue weighted by Gasteiger charge is -2.05. The zero-order valence-electron chi connectivity index (χ0n) is 11.6. The highest BCUT2D eigenvalue weighted by Crippen LogP contribution is 2.42. The summed E-state index contributed by atoms with van der Waals surface area (Å²) in [6.07, 6.45) is -4.59. The van der Waals surface area contributed by atoms with Gasteiger partial charge in [0, 0.05) is 5.69 Å². The van der Waals surface area contributed by atoms with E-state index >= 15 is 0 Å². The molecule has 0 amide bonds. The molecule has 0 spiro atoms. The fraction of sp³-hybridized carbons (Fsp3) is 0.0625. The summed E-state index contributed by atoms with van der Waals surface area (Å²) < 4.78 is 52.6. The topological polar surface area (TPSA) is 24.9 Å². The number of benzene rings is 2. The molecule has 3 aromatic rings. The zero-order chi connectivity index (χ0) is 16.4. The molecule has 23 heavy (non-hydrogen) atoms. The second-order valence-corrected chi connectivity index (χ2v) is 5.69. The summed E-state index contributed by atoms with van der Waals surface area (Å²) in [4.78, 5) is 3.62. The van der Waals surface area contributed by atoms with E-state index in [-0.39, 0.29) is 15.6 Å². The number of nitrogens with one attached hydrogen (secondary N) is 1. The first kappa shape index (κ1) is 15.5. The van der Waals surface area contributed by atoms with Gasteiger partial charge in [-0.3, -0.25) is 0 Å². The predicted octanol–water partition coefficient (Wildman–Crippen LogP) is 5.71. The largest absolute Gasteiger partial charge is 0.434 e. The van der Waals surface area contributed by atoms with Crippen molar-refractivity contribution in [1.29, 1.82) is 0 Å². The maximum atomic E-state index is 13.2. The van der Waals surface area contributed by atoms with Gasteiger partial charge in [-0.2, -0.15) is 13.2 Å². The Hall–Kier alpha value is -2.41. The summed E-state index contributed by atoms with van der Waals surface area (Å²) in [5.41, 5.74) is -0.0643. The van der Waals surface area contributed by atoms with Crippen molar-refractivity contribution in [2.24, 2.45) is 0 Å². The molecule has 0 fully saturated rings. The van der Waals surface area contributed by atoms with Gasteiger partial charge < -0.3 is 5.32 Å². The third kappa shape index (κ3) is 3.50. The molecule has 0 saturated carbocycles. The summed E-state index contributed by atoms with van der Waals surface area (Å²) in [5, 5.41) is 2.98. The Balaban J connectivity index is 2.02. The van der Waals surface area contributed by atoms with Crippen LogP contribution in [0.5, 0.6) is 0 Å². The predicted molar refractivity (Wildman–Crippen MR) is 82.2 cm³/mol.